The lowest BCUT2D eigenvalue weighted by Crippen LogP contribution is -2.16. The molecule has 0 radical (unpaired) electrons. The van der Waals surface area contributed by atoms with E-state index in [0.29, 0.717) is 10.1 Å². The Hall–Kier alpha value is -3.53. The predicted octanol–water partition coefficient (Wildman–Crippen LogP) is 5.16. The summed E-state index contributed by atoms with van der Waals surface area (Å²) >= 11 is 5.86. The van der Waals surface area contributed by atoms with Gasteiger partial charge in [-0.1, -0.05) is 41.4 Å². The Morgan fingerprint density at radius 1 is 1.06 bits per heavy atom. The number of hydrogen-bond donors (Lipinski definition) is 1. The van der Waals surface area contributed by atoms with Gasteiger partial charge in [0.25, 0.3) is 11.7 Å². The van der Waals surface area contributed by atoms with E-state index in [4.69, 9.17) is 11.6 Å². The van der Waals surface area contributed by atoms with E-state index >= 15 is 0 Å². The van der Waals surface area contributed by atoms with Crippen molar-refractivity contribution in [3.63, 3.8) is 0 Å². The van der Waals surface area contributed by atoms with Gasteiger partial charge in [-0.05, 0) is 31.2 Å². The van der Waals surface area contributed by atoms with Gasteiger partial charge < -0.3 is 5.32 Å². The molecule has 158 valence electrons. The van der Waals surface area contributed by atoms with Gasteiger partial charge in [-0.2, -0.15) is 22.7 Å². The molecule has 0 aliphatic carbocycles. The SMILES string of the molecule is Cc1ccc(-c2cc(C(F)(F)F)n3nc(C(=O)Nc4ccc(F)cc4Cl)nc3n2)cc1. The van der Waals surface area contributed by atoms with Gasteiger partial charge in [0.05, 0.1) is 16.4 Å². The Bertz CT molecular complexity index is 1300. The van der Waals surface area contributed by atoms with Crippen molar-refractivity contribution < 1.29 is 22.4 Å². The van der Waals surface area contributed by atoms with Crippen molar-refractivity contribution in [3.05, 3.63) is 76.5 Å². The molecule has 0 spiro atoms. The molecule has 0 atom stereocenters. The Morgan fingerprint density at radius 2 is 1.77 bits per heavy atom. The van der Waals surface area contributed by atoms with E-state index in [0.717, 1.165) is 23.8 Å². The molecule has 0 bridgehead atoms. The summed E-state index contributed by atoms with van der Waals surface area (Å²) in [5, 5.41) is 5.92. The second kappa shape index (κ2) is 7.62. The first-order chi connectivity index (χ1) is 14.6. The molecule has 1 amide bonds. The van der Waals surface area contributed by atoms with E-state index < -0.39 is 35.2 Å². The largest absolute Gasteiger partial charge is 0.433 e. The number of anilines is 1. The smallest absolute Gasteiger partial charge is 0.318 e. The maximum absolute atomic E-state index is 13.7. The number of halogens is 5. The number of aromatic nitrogens is 4. The minimum absolute atomic E-state index is 0.0285. The average Bonchev–Trinajstić information content (AvgIpc) is 3.13. The highest BCUT2D eigenvalue weighted by molar-refractivity contribution is 6.33. The lowest BCUT2D eigenvalue weighted by atomic mass is 10.1. The zero-order chi connectivity index (χ0) is 22.3. The summed E-state index contributed by atoms with van der Waals surface area (Å²) in [6.07, 6.45) is -4.78. The first-order valence-corrected chi connectivity index (χ1v) is 9.18. The molecule has 11 heteroatoms. The predicted molar refractivity (Wildman–Crippen MR) is 105 cm³/mol. The van der Waals surface area contributed by atoms with Crippen LogP contribution < -0.4 is 5.32 Å². The zero-order valence-electron chi connectivity index (χ0n) is 15.7. The monoisotopic (exact) mass is 449 g/mol. The highest BCUT2D eigenvalue weighted by Gasteiger charge is 2.36. The van der Waals surface area contributed by atoms with Crippen LogP contribution in [-0.2, 0) is 6.18 Å². The molecule has 1 N–H and O–H groups in total. The Balaban J connectivity index is 1.78. The topological polar surface area (TPSA) is 72.2 Å². The summed E-state index contributed by atoms with van der Waals surface area (Å²) in [6.45, 7) is 1.85. The third-order valence-electron chi connectivity index (χ3n) is 4.33. The van der Waals surface area contributed by atoms with E-state index in [1.165, 1.54) is 6.07 Å². The summed E-state index contributed by atoms with van der Waals surface area (Å²) in [7, 11) is 0. The van der Waals surface area contributed by atoms with E-state index in [1.807, 2.05) is 6.92 Å². The molecule has 2 aromatic carbocycles. The summed E-state index contributed by atoms with van der Waals surface area (Å²) in [5.41, 5.74) is 0.323. The van der Waals surface area contributed by atoms with Crippen LogP contribution in [0.5, 0.6) is 0 Å². The molecular formula is C20H12ClF4N5O. The molecule has 0 unspecified atom stereocenters. The number of benzene rings is 2. The summed E-state index contributed by atoms with van der Waals surface area (Å²) in [5.74, 6) is -2.50. The number of carbonyl (C=O) groups is 1. The molecule has 6 nitrogen and oxygen atoms in total. The van der Waals surface area contributed by atoms with Crippen LogP contribution in [0.1, 0.15) is 21.9 Å². The van der Waals surface area contributed by atoms with Crippen molar-refractivity contribution in [2.24, 2.45) is 0 Å². The highest BCUT2D eigenvalue weighted by atomic mass is 35.5. The minimum Gasteiger partial charge on any atom is -0.318 e. The van der Waals surface area contributed by atoms with Gasteiger partial charge in [0, 0.05) is 5.56 Å². The number of alkyl halides is 3. The quantitative estimate of drug-likeness (QED) is 0.438. The normalized spacial score (nSPS) is 11.7. The summed E-state index contributed by atoms with van der Waals surface area (Å²) < 4.78 is 54.6. The Kier molecular flexibility index (Phi) is 5.10. The van der Waals surface area contributed by atoms with Crippen LogP contribution >= 0.6 is 11.6 Å². The van der Waals surface area contributed by atoms with Gasteiger partial charge >= 0.3 is 6.18 Å². The van der Waals surface area contributed by atoms with Crippen molar-refractivity contribution in [1.29, 1.82) is 0 Å². The van der Waals surface area contributed by atoms with Gasteiger partial charge in [0.15, 0.2) is 5.69 Å². The molecule has 0 aliphatic rings. The number of carbonyl (C=O) groups excluding carboxylic acids is 1. The number of nitrogens with zero attached hydrogens (tertiary/aromatic N) is 4. The van der Waals surface area contributed by atoms with Crippen molar-refractivity contribution in [2.75, 3.05) is 5.32 Å². The van der Waals surface area contributed by atoms with Crippen LogP contribution in [0.15, 0.2) is 48.5 Å². The van der Waals surface area contributed by atoms with Gasteiger partial charge in [0.2, 0.25) is 5.82 Å². The molecule has 0 fully saturated rings. The molecule has 2 heterocycles. The van der Waals surface area contributed by atoms with Crippen LogP contribution in [0.3, 0.4) is 0 Å². The van der Waals surface area contributed by atoms with Crippen molar-refractivity contribution in [2.45, 2.75) is 13.1 Å². The fraction of sp³-hybridized carbons (Fsp3) is 0.100. The van der Waals surface area contributed by atoms with Crippen molar-refractivity contribution >= 4 is 29.0 Å². The highest BCUT2D eigenvalue weighted by Crippen LogP contribution is 2.32. The van der Waals surface area contributed by atoms with Crippen LogP contribution in [0.2, 0.25) is 5.02 Å². The lowest BCUT2D eigenvalue weighted by molar-refractivity contribution is -0.142. The standard InChI is InChI=1S/C20H12ClF4N5O/c1-10-2-4-11(5-3-10)15-9-16(20(23,24)25)30-19(27-15)28-17(29-30)18(31)26-14-7-6-12(22)8-13(14)21/h2-9H,1H3,(H,26,31). The fourth-order valence-electron chi connectivity index (χ4n) is 2.81. The van der Waals surface area contributed by atoms with E-state index in [9.17, 15) is 22.4 Å². The van der Waals surface area contributed by atoms with Crippen molar-refractivity contribution in [3.8, 4) is 11.3 Å². The number of amides is 1. The number of aryl methyl sites for hydroxylation is 1. The molecule has 0 aliphatic heterocycles. The molecule has 4 aromatic rings. The fourth-order valence-corrected chi connectivity index (χ4v) is 3.02. The minimum atomic E-state index is -4.78. The third kappa shape index (κ3) is 4.19. The van der Waals surface area contributed by atoms with Gasteiger partial charge in [-0.3, -0.25) is 4.79 Å². The van der Waals surface area contributed by atoms with Crippen LogP contribution in [0.25, 0.3) is 17.0 Å². The zero-order valence-corrected chi connectivity index (χ0v) is 16.5. The molecule has 31 heavy (non-hydrogen) atoms. The number of rotatable bonds is 3. The van der Waals surface area contributed by atoms with Gasteiger partial charge in [-0.15, -0.1) is 5.10 Å². The Labute approximate surface area is 177 Å². The number of fused-ring (bicyclic) bond motifs is 1. The Morgan fingerprint density at radius 3 is 2.42 bits per heavy atom. The van der Waals surface area contributed by atoms with E-state index in [2.05, 4.69) is 20.4 Å². The van der Waals surface area contributed by atoms with E-state index in [-0.39, 0.29) is 16.4 Å². The van der Waals surface area contributed by atoms with Crippen LogP contribution in [-0.4, -0.2) is 25.5 Å². The summed E-state index contributed by atoms with van der Waals surface area (Å²) in [6, 6.07) is 10.8. The molecule has 0 saturated carbocycles. The maximum Gasteiger partial charge on any atom is 0.433 e. The second-order valence-electron chi connectivity index (χ2n) is 6.62. The van der Waals surface area contributed by atoms with Crippen LogP contribution in [0.4, 0.5) is 23.2 Å². The second-order valence-corrected chi connectivity index (χ2v) is 7.02. The third-order valence-corrected chi connectivity index (χ3v) is 4.65. The van der Waals surface area contributed by atoms with Gasteiger partial charge in [-0.25, -0.2) is 9.37 Å². The lowest BCUT2D eigenvalue weighted by Gasteiger charge is -2.10. The maximum atomic E-state index is 13.7. The first-order valence-electron chi connectivity index (χ1n) is 8.80. The molecular weight excluding hydrogens is 438 g/mol. The first kappa shape index (κ1) is 20.7. The van der Waals surface area contributed by atoms with Gasteiger partial charge in [0.1, 0.15) is 5.82 Å². The van der Waals surface area contributed by atoms with Crippen molar-refractivity contribution in [1.82, 2.24) is 19.6 Å². The molecule has 2 aromatic heterocycles. The average molecular weight is 450 g/mol. The molecule has 0 saturated heterocycles. The summed E-state index contributed by atoms with van der Waals surface area (Å²) in [4.78, 5) is 20.4. The number of hydrogen-bond acceptors (Lipinski definition) is 4. The molecule has 4 rings (SSSR count). The number of nitrogens with one attached hydrogen (secondary N) is 1. The van der Waals surface area contributed by atoms with E-state index in [1.54, 1.807) is 24.3 Å². The van der Waals surface area contributed by atoms with Crippen LogP contribution in [0, 0.1) is 12.7 Å².